The van der Waals surface area contributed by atoms with Gasteiger partial charge in [-0.25, -0.2) is 9.97 Å². The zero-order valence-electron chi connectivity index (χ0n) is 14.5. The monoisotopic (exact) mass is 360 g/mol. The fourth-order valence-electron chi connectivity index (χ4n) is 2.91. The van der Waals surface area contributed by atoms with E-state index in [4.69, 9.17) is 11.6 Å². The number of nitrogens with one attached hydrogen (secondary N) is 1. The van der Waals surface area contributed by atoms with Gasteiger partial charge >= 0.3 is 0 Å². The number of pyridine rings is 1. The van der Waals surface area contributed by atoms with Gasteiger partial charge in [-0.2, -0.15) is 0 Å². The van der Waals surface area contributed by atoms with Crippen molar-refractivity contribution in [2.45, 2.75) is 13.8 Å². The first-order valence-electron chi connectivity index (χ1n) is 8.32. The molecule has 4 rings (SSSR count). The van der Waals surface area contributed by atoms with Gasteiger partial charge in [0.25, 0.3) is 0 Å². The number of fused-ring (bicyclic) bond motifs is 1. The molecule has 0 aliphatic carbocycles. The average molecular weight is 361 g/mol. The summed E-state index contributed by atoms with van der Waals surface area (Å²) < 4.78 is 0. The van der Waals surface area contributed by atoms with E-state index in [9.17, 15) is 0 Å². The van der Waals surface area contributed by atoms with Gasteiger partial charge in [-0.3, -0.25) is 4.98 Å². The third-order valence-corrected chi connectivity index (χ3v) is 4.72. The van der Waals surface area contributed by atoms with E-state index in [0.29, 0.717) is 5.95 Å². The van der Waals surface area contributed by atoms with Gasteiger partial charge < -0.3 is 5.32 Å². The minimum atomic E-state index is 0.568. The Morgan fingerprint density at radius 3 is 2.50 bits per heavy atom. The Morgan fingerprint density at radius 2 is 1.73 bits per heavy atom. The maximum atomic E-state index is 6.14. The van der Waals surface area contributed by atoms with E-state index in [0.717, 1.165) is 44.0 Å². The van der Waals surface area contributed by atoms with Crippen LogP contribution in [-0.2, 0) is 0 Å². The smallest absolute Gasteiger partial charge is 0.228 e. The van der Waals surface area contributed by atoms with Crippen LogP contribution in [0.15, 0.2) is 60.9 Å². The lowest BCUT2D eigenvalue weighted by Crippen LogP contribution is -2.00. The predicted molar refractivity (Wildman–Crippen MR) is 107 cm³/mol. The fraction of sp³-hybridized carbons (Fsp3) is 0.0952. The lowest BCUT2D eigenvalue weighted by atomic mass is 10.0. The van der Waals surface area contributed by atoms with E-state index in [1.165, 1.54) is 0 Å². The predicted octanol–water partition coefficient (Wildman–Crippen LogP) is 5.71. The van der Waals surface area contributed by atoms with Crippen LogP contribution in [0.4, 0.5) is 11.6 Å². The molecule has 4 nitrogen and oxygen atoms in total. The van der Waals surface area contributed by atoms with Gasteiger partial charge in [0.2, 0.25) is 5.95 Å². The van der Waals surface area contributed by atoms with Crippen molar-refractivity contribution in [3.05, 3.63) is 77.2 Å². The van der Waals surface area contributed by atoms with Crippen molar-refractivity contribution >= 4 is 34.1 Å². The molecule has 2 heterocycles. The number of benzene rings is 2. The van der Waals surface area contributed by atoms with Gasteiger partial charge in [0.05, 0.1) is 23.1 Å². The number of nitrogens with zero attached hydrogens (tertiary/aromatic N) is 3. The summed E-state index contributed by atoms with van der Waals surface area (Å²) in [4.78, 5) is 13.3. The molecule has 0 saturated heterocycles. The quantitative estimate of drug-likeness (QED) is 0.508. The molecule has 0 aliphatic heterocycles. The van der Waals surface area contributed by atoms with E-state index < -0.39 is 0 Å². The minimum Gasteiger partial charge on any atom is -0.323 e. The first-order chi connectivity index (χ1) is 12.6. The standard InChI is InChI=1S/C21H17ClN4/c1-13-10-15(5-7-19(13)22)16-6-8-20-18(11-16)14(2)24-21(26-20)25-17-4-3-9-23-12-17/h3-12H,1-2H3,(H,24,25,26). The first kappa shape index (κ1) is 16.5. The second kappa shape index (κ2) is 6.73. The molecule has 26 heavy (non-hydrogen) atoms. The minimum absolute atomic E-state index is 0.568. The third kappa shape index (κ3) is 3.24. The van der Waals surface area contributed by atoms with Crippen molar-refractivity contribution < 1.29 is 0 Å². The van der Waals surface area contributed by atoms with Gasteiger partial charge in [-0.15, -0.1) is 0 Å². The fourth-order valence-corrected chi connectivity index (χ4v) is 3.02. The van der Waals surface area contributed by atoms with Gasteiger partial charge in [0.15, 0.2) is 0 Å². The van der Waals surface area contributed by atoms with Crippen LogP contribution in [0.3, 0.4) is 0 Å². The highest BCUT2D eigenvalue weighted by atomic mass is 35.5. The topological polar surface area (TPSA) is 50.7 Å². The molecule has 0 unspecified atom stereocenters. The van der Waals surface area contributed by atoms with Crippen molar-refractivity contribution in [2.75, 3.05) is 5.32 Å². The SMILES string of the molecule is Cc1cc(-c2ccc3nc(Nc4cccnc4)nc(C)c3c2)ccc1Cl. The molecule has 1 N–H and O–H groups in total. The molecule has 0 bridgehead atoms. The second-order valence-electron chi connectivity index (χ2n) is 6.20. The molecule has 0 atom stereocenters. The lowest BCUT2D eigenvalue weighted by molar-refractivity contribution is 1.15. The summed E-state index contributed by atoms with van der Waals surface area (Å²) in [6, 6.07) is 16.1. The van der Waals surface area contributed by atoms with Crippen LogP contribution in [0, 0.1) is 13.8 Å². The molecule has 0 amide bonds. The Morgan fingerprint density at radius 1 is 0.923 bits per heavy atom. The van der Waals surface area contributed by atoms with Crippen molar-refractivity contribution in [2.24, 2.45) is 0 Å². The van der Waals surface area contributed by atoms with Crippen LogP contribution in [0.2, 0.25) is 5.02 Å². The number of rotatable bonds is 3. The van der Waals surface area contributed by atoms with Crippen molar-refractivity contribution in [1.29, 1.82) is 0 Å². The van der Waals surface area contributed by atoms with E-state index in [1.807, 2.05) is 44.2 Å². The van der Waals surface area contributed by atoms with Crippen molar-refractivity contribution in [3.63, 3.8) is 0 Å². The Kier molecular flexibility index (Phi) is 4.27. The van der Waals surface area contributed by atoms with Crippen LogP contribution in [0.5, 0.6) is 0 Å². The Labute approximate surface area is 156 Å². The normalized spacial score (nSPS) is 10.9. The van der Waals surface area contributed by atoms with E-state index in [-0.39, 0.29) is 0 Å². The Hall–Kier alpha value is -2.98. The Balaban J connectivity index is 1.74. The molecular formula is C21H17ClN4. The molecule has 0 aliphatic rings. The molecule has 2 aromatic heterocycles. The molecule has 2 aromatic carbocycles. The highest BCUT2D eigenvalue weighted by Crippen LogP contribution is 2.28. The van der Waals surface area contributed by atoms with Crippen LogP contribution < -0.4 is 5.32 Å². The van der Waals surface area contributed by atoms with Crippen molar-refractivity contribution in [3.8, 4) is 11.1 Å². The number of aryl methyl sites for hydroxylation is 2. The number of aromatic nitrogens is 3. The zero-order chi connectivity index (χ0) is 18.1. The molecule has 0 spiro atoms. The number of hydrogen-bond acceptors (Lipinski definition) is 4. The highest BCUT2D eigenvalue weighted by molar-refractivity contribution is 6.31. The summed E-state index contributed by atoms with van der Waals surface area (Å²) in [6.07, 6.45) is 3.48. The van der Waals surface area contributed by atoms with Gasteiger partial charge in [-0.1, -0.05) is 23.7 Å². The second-order valence-corrected chi connectivity index (χ2v) is 6.60. The van der Waals surface area contributed by atoms with E-state index in [2.05, 4.69) is 38.5 Å². The Bertz CT molecular complexity index is 1090. The first-order valence-corrected chi connectivity index (χ1v) is 8.70. The van der Waals surface area contributed by atoms with Crippen LogP contribution in [0.25, 0.3) is 22.0 Å². The maximum absolute atomic E-state index is 6.14. The summed E-state index contributed by atoms with van der Waals surface area (Å²) in [5, 5.41) is 5.01. The average Bonchev–Trinajstić information content (AvgIpc) is 2.65. The summed E-state index contributed by atoms with van der Waals surface area (Å²) in [7, 11) is 0. The molecule has 0 fully saturated rings. The maximum Gasteiger partial charge on any atom is 0.228 e. The number of halogens is 1. The molecule has 4 aromatic rings. The van der Waals surface area contributed by atoms with Crippen molar-refractivity contribution in [1.82, 2.24) is 15.0 Å². The largest absolute Gasteiger partial charge is 0.323 e. The van der Waals surface area contributed by atoms with Gasteiger partial charge in [0, 0.05) is 16.6 Å². The van der Waals surface area contributed by atoms with Crippen LogP contribution >= 0.6 is 11.6 Å². The summed E-state index contributed by atoms with van der Waals surface area (Å²) in [5.41, 5.74) is 6.00. The highest BCUT2D eigenvalue weighted by Gasteiger charge is 2.08. The van der Waals surface area contributed by atoms with Crippen LogP contribution in [-0.4, -0.2) is 15.0 Å². The zero-order valence-corrected chi connectivity index (χ0v) is 15.2. The molecule has 0 radical (unpaired) electrons. The summed E-state index contributed by atoms with van der Waals surface area (Å²) in [5.74, 6) is 0.568. The van der Waals surface area contributed by atoms with Crippen LogP contribution in [0.1, 0.15) is 11.3 Å². The van der Waals surface area contributed by atoms with Gasteiger partial charge in [0.1, 0.15) is 0 Å². The van der Waals surface area contributed by atoms with E-state index in [1.54, 1.807) is 12.4 Å². The molecular weight excluding hydrogens is 344 g/mol. The third-order valence-electron chi connectivity index (χ3n) is 4.30. The number of anilines is 2. The summed E-state index contributed by atoms with van der Waals surface area (Å²) >= 11 is 6.14. The van der Waals surface area contributed by atoms with Gasteiger partial charge in [-0.05, 0) is 66.9 Å². The van der Waals surface area contributed by atoms with E-state index >= 15 is 0 Å². The molecule has 0 saturated carbocycles. The lowest BCUT2D eigenvalue weighted by Gasteiger charge is -2.10. The number of hydrogen-bond donors (Lipinski definition) is 1. The summed E-state index contributed by atoms with van der Waals surface area (Å²) in [6.45, 7) is 4.01. The molecule has 128 valence electrons. The molecule has 5 heteroatoms.